The minimum Gasteiger partial charge on any atom is -0.323 e. The lowest BCUT2D eigenvalue weighted by molar-refractivity contribution is -0.135. The van der Waals surface area contributed by atoms with Gasteiger partial charge in [0.05, 0.1) is 12.2 Å². The lowest BCUT2D eigenvalue weighted by atomic mass is 9.79. The molecular weight excluding hydrogens is 236 g/mol. The summed E-state index contributed by atoms with van der Waals surface area (Å²) in [5.74, 6) is 2.17. The highest BCUT2D eigenvalue weighted by Gasteiger charge is 2.44. The van der Waals surface area contributed by atoms with Gasteiger partial charge in [0.25, 0.3) is 0 Å². The predicted octanol–water partition coefficient (Wildman–Crippen LogP) is 3.00. The van der Waals surface area contributed by atoms with E-state index in [1.54, 1.807) is 0 Å². The molecule has 2 fully saturated rings. The minimum absolute atomic E-state index is 0.0245. The molecule has 1 saturated carbocycles. The first-order chi connectivity index (χ1) is 8.95. The van der Waals surface area contributed by atoms with Gasteiger partial charge >= 0.3 is 0 Å². The van der Waals surface area contributed by atoms with Crippen LogP contribution in [0.15, 0.2) is 0 Å². The van der Waals surface area contributed by atoms with E-state index in [2.05, 4.69) is 44.8 Å². The monoisotopic (exact) mass is 266 g/mol. The third-order valence-corrected chi connectivity index (χ3v) is 5.03. The Morgan fingerprint density at radius 1 is 1.32 bits per heavy atom. The molecule has 110 valence electrons. The smallest absolute Gasteiger partial charge is 0.241 e. The molecule has 1 amide bonds. The van der Waals surface area contributed by atoms with Crippen LogP contribution in [-0.4, -0.2) is 29.1 Å². The first-order valence-corrected chi connectivity index (χ1v) is 8.03. The van der Waals surface area contributed by atoms with E-state index >= 15 is 0 Å². The van der Waals surface area contributed by atoms with Crippen molar-refractivity contribution in [3.05, 3.63) is 0 Å². The zero-order valence-electron chi connectivity index (χ0n) is 13.1. The van der Waals surface area contributed by atoms with Gasteiger partial charge in [-0.05, 0) is 43.4 Å². The largest absolute Gasteiger partial charge is 0.323 e. The Morgan fingerprint density at radius 2 is 2.00 bits per heavy atom. The Morgan fingerprint density at radius 3 is 2.53 bits per heavy atom. The molecule has 19 heavy (non-hydrogen) atoms. The van der Waals surface area contributed by atoms with Crippen molar-refractivity contribution in [2.75, 3.05) is 0 Å². The topological polar surface area (TPSA) is 32.3 Å². The number of hydrogen-bond donors (Lipinski definition) is 1. The molecule has 1 saturated heterocycles. The molecule has 1 heterocycles. The summed E-state index contributed by atoms with van der Waals surface area (Å²) in [7, 11) is 0. The Kier molecular flexibility index (Phi) is 4.54. The molecule has 1 aliphatic heterocycles. The number of amides is 1. The SMILES string of the molecule is CCC1NC(C(C)C)C(=O)N1C1CCC(C)CC1C. The number of hydrogen-bond acceptors (Lipinski definition) is 2. The zero-order valence-corrected chi connectivity index (χ0v) is 13.1. The first-order valence-electron chi connectivity index (χ1n) is 8.03. The van der Waals surface area contributed by atoms with Crippen LogP contribution in [0, 0.1) is 17.8 Å². The van der Waals surface area contributed by atoms with Crippen molar-refractivity contribution in [1.29, 1.82) is 0 Å². The van der Waals surface area contributed by atoms with E-state index in [0.29, 0.717) is 23.8 Å². The van der Waals surface area contributed by atoms with Crippen molar-refractivity contribution in [2.24, 2.45) is 17.8 Å². The molecular formula is C16H30N2O. The van der Waals surface area contributed by atoms with Gasteiger partial charge in [0, 0.05) is 6.04 Å². The van der Waals surface area contributed by atoms with Gasteiger partial charge in [0.1, 0.15) is 0 Å². The molecule has 2 rings (SSSR count). The maximum Gasteiger partial charge on any atom is 0.241 e. The molecule has 0 spiro atoms. The maximum atomic E-state index is 12.7. The Hall–Kier alpha value is -0.570. The number of carbonyl (C=O) groups excluding carboxylic acids is 1. The lowest BCUT2D eigenvalue weighted by Gasteiger charge is -2.41. The molecule has 5 atom stereocenters. The summed E-state index contributed by atoms with van der Waals surface area (Å²) in [6.45, 7) is 11.1. The van der Waals surface area contributed by atoms with Gasteiger partial charge in [0.2, 0.25) is 5.91 Å². The Balaban J connectivity index is 2.15. The van der Waals surface area contributed by atoms with E-state index in [1.807, 2.05) is 0 Å². The van der Waals surface area contributed by atoms with Crippen molar-refractivity contribution in [2.45, 2.75) is 78.6 Å². The van der Waals surface area contributed by atoms with Crippen LogP contribution in [0.3, 0.4) is 0 Å². The second kappa shape index (κ2) is 5.82. The quantitative estimate of drug-likeness (QED) is 0.851. The molecule has 1 N–H and O–H groups in total. The van der Waals surface area contributed by atoms with Crippen LogP contribution in [0.4, 0.5) is 0 Å². The van der Waals surface area contributed by atoms with Crippen LogP contribution in [0.1, 0.15) is 60.3 Å². The third kappa shape index (κ3) is 2.81. The summed E-state index contributed by atoms with van der Waals surface area (Å²) in [6, 6.07) is 0.474. The maximum absolute atomic E-state index is 12.7. The van der Waals surface area contributed by atoms with Crippen LogP contribution in [0.2, 0.25) is 0 Å². The second-order valence-electron chi connectivity index (χ2n) is 7.02. The molecule has 0 bridgehead atoms. The van der Waals surface area contributed by atoms with Crippen LogP contribution < -0.4 is 5.32 Å². The summed E-state index contributed by atoms with van der Waals surface area (Å²) in [5, 5.41) is 3.55. The molecule has 0 aromatic rings. The Labute approximate surface area is 118 Å². The highest BCUT2D eigenvalue weighted by Crippen LogP contribution is 2.35. The predicted molar refractivity (Wildman–Crippen MR) is 78.7 cm³/mol. The average Bonchev–Trinajstić information content (AvgIpc) is 2.67. The van der Waals surface area contributed by atoms with Gasteiger partial charge in [-0.2, -0.15) is 0 Å². The molecule has 2 aliphatic rings. The minimum atomic E-state index is 0.0245. The lowest BCUT2D eigenvalue weighted by Crippen LogP contribution is -2.49. The van der Waals surface area contributed by atoms with Crippen molar-refractivity contribution < 1.29 is 4.79 Å². The molecule has 3 heteroatoms. The van der Waals surface area contributed by atoms with Crippen LogP contribution >= 0.6 is 0 Å². The molecule has 0 aromatic heterocycles. The summed E-state index contributed by atoms with van der Waals surface area (Å²) < 4.78 is 0. The first kappa shape index (κ1) is 14.8. The number of nitrogens with zero attached hydrogens (tertiary/aromatic N) is 1. The summed E-state index contributed by atoms with van der Waals surface area (Å²) in [6.07, 6.45) is 4.96. The molecule has 1 aliphatic carbocycles. The van der Waals surface area contributed by atoms with Crippen LogP contribution in [0.25, 0.3) is 0 Å². The van der Waals surface area contributed by atoms with Gasteiger partial charge in [-0.3, -0.25) is 10.1 Å². The standard InChI is InChI=1S/C16H30N2O/c1-6-14-17-15(10(2)3)16(19)18(14)13-8-7-11(4)9-12(13)5/h10-15,17H,6-9H2,1-5H3. The van der Waals surface area contributed by atoms with Gasteiger partial charge in [-0.25, -0.2) is 0 Å². The second-order valence-corrected chi connectivity index (χ2v) is 7.02. The average molecular weight is 266 g/mol. The highest BCUT2D eigenvalue weighted by atomic mass is 16.2. The van der Waals surface area contributed by atoms with Crippen LogP contribution in [0.5, 0.6) is 0 Å². The normalized spacial score (nSPS) is 40.2. The van der Waals surface area contributed by atoms with Crippen molar-refractivity contribution >= 4 is 5.91 Å². The molecule has 3 nitrogen and oxygen atoms in total. The fourth-order valence-corrected chi connectivity index (χ4v) is 3.92. The van der Waals surface area contributed by atoms with Gasteiger partial charge in [0.15, 0.2) is 0 Å². The van der Waals surface area contributed by atoms with E-state index in [1.165, 1.54) is 19.3 Å². The van der Waals surface area contributed by atoms with E-state index in [-0.39, 0.29) is 12.2 Å². The van der Waals surface area contributed by atoms with E-state index in [4.69, 9.17) is 0 Å². The van der Waals surface area contributed by atoms with E-state index in [0.717, 1.165) is 12.3 Å². The number of carbonyl (C=O) groups is 1. The summed E-state index contributed by atoms with van der Waals surface area (Å²) in [4.78, 5) is 14.9. The summed E-state index contributed by atoms with van der Waals surface area (Å²) in [5.41, 5.74) is 0. The highest BCUT2D eigenvalue weighted by molar-refractivity contribution is 5.85. The van der Waals surface area contributed by atoms with Gasteiger partial charge < -0.3 is 4.90 Å². The zero-order chi connectivity index (χ0) is 14.2. The fraction of sp³-hybridized carbons (Fsp3) is 0.938. The van der Waals surface area contributed by atoms with Crippen LogP contribution in [-0.2, 0) is 4.79 Å². The Bertz CT molecular complexity index is 329. The fourth-order valence-electron chi connectivity index (χ4n) is 3.92. The summed E-state index contributed by atoms with van der Waals surface area (Å²) >= 11 is 0. The van der Waals surface area contributed by atoms with Crippen molar-refractivity contribution in [3.8, 4) is 0 Å². The number of nitrogens with one attached hydrogen (secondary N) is 1. The van der Waals surface area contributed by atoms with Crippen molar-refractivity contribution in [1.82, 2.24) is 10.2 Å². The van der Waals surface area contributed by atoms with E-state index < -0.39 is 0 Å². The molecule has 0 aromatic carbocycles. The van der Waals surface area contributed by atoms with Gasteiger partial charge in [-0.15, -0.1) is 0 Å². The van der Waals surface area contributed by atoms with E-state index in [9.17, 15) is 4.79 Å². The third-order valence-electron chi connectivity index (χ3n) is 5.03. The number of rotatable bonds is 3. The van der Waals surface area contributed by atoms with Gasteiger partial charge in [-0.1, -0.05) is 34.6 Å². The van der Waals surface area contributed by atoms with Crippen molar-refractivity contribution in [3.63, 3.8) is 0 Å². The molecule has 5 unspecified atom stereocenters. The molecule has 0 radical (unpaired) electrons.